The van der Waals surface area contributed by atoms with Crippen molar-refractivity contribution in [3.05, 3.63) is 24.3 Å². The maximum atomic E-state index is 12.0. The molecule has 1 heterocycles. The van der Waals surface area contributed by atoms with E-state index in [1.807, 2.05) is 12.2 Å². The van der Waals surface area contributed by atoms with Gasteiger partial charge in [0.1, 0.15) is 0 Å². The molecule has 0 saturated carbocycles. The lowest BCUT2D eigenvalue weighted by molar-refractivity contribution is -0.139. The van der Waals surface area contributed by atoms with Gasteiger partial charge in [-0.25, -0.2) is 4.79 Å². The van der Waals surface area contributed by atoms with E-state index in [0.717, 1.165) is 0 Å². The van der Waals surface area contributed by atoms with Crippen molar-refractivity contribution in [1.82, 2.24) is 4.90 Å². The summed E-state index contributed by atoms with van der Waals surface area (Å²) < 4.78 is 4.44. The van der Waals surface area contributed by atoms with E-state index in [1.54, 1.807) is 0 Å². The van der Waals surface area contributed by atoms with Crippen molar-refractivity contribution >= 4 is 17.8 Å². The van der Waals surface area contributed by atoms with Crippen molar-refractivity contribution in [2.24, 2.45) is 11.8 Å². The predicted molar refractivity (Wildman–Crippen MR) is 63.2 cm³/mol. The number of esters is 1. The van der Waals surface area contributed by atoms with Crippen LogP contribution < -0.4 is 0 Å². The second-order valence-corrected chi connectivity index (χ2v) is 4.37. The Morgan fingerprint density at radius 3 is 2.39 bits per heavy atom. The van der Waals surface area contributed by atoms with Crippen LogP contribution in [0.25, 0.3) is 0 Å². The number of allylic oxidation sites excluding steroid dienone is 2. The van der Waals surface area contributed by atoms with E-state index in [1.165, 1.54) is 24.2 Å². The molecule has 0 bridgehead atoms. The van der Waals surface area contributed by atoms with E-state index >= 15 is 0 Å². The minimum atomic E-state index is -0.492. The number of carbonyl (C=O) groups excluding carboxylic acids is 3. The number of amides is 2. The molecule has 96 valence electrons. The SMILES string of the molecule is COC(=O)/C=C/CN1C(=O)C2CC=CCC2C1=O. The maximum absolute atomic E-state index is 12.0. The second-order valence-electron chi connectivity index (χ2n) is 4.37. The highest BCUT2D eigenvalue weighted by atomic mass is 16.5. The van der Waals surface area contributed by atoms with Crippen LogP contribution in [0.4, 0.5) is 0 Å². The third-order valence-corrected chi connectivity index (χ3v) is 3.34. The largest absolute Gasteiger partial charge is 0.466 e. The van der Waals surface area contributed by atoms with E-state index < -0.39 is 5.97 Å². The summed E-state index contributed by atoms with van der Waals surface area (Å²) in [7, 11) is 1.28. The molecule has 2 amide bonds. The standard InChI is InChI=1S/C13H15NO4/c1-18-11(15)7-4-8-14-12(16)9-5-2-3-6-10(9)13(14)17/h2-4,7,9-10H,5-6,8H2,1H3/b7-4+. The first-order valence-corrected chi connectivity index (χ1v) is 5.90. The fourth-order valence-electron chi connectivity index (χ4n) is 2.37. The van der Waals surface area contributed by atoms with Crippen LogP contribution in [-0.4, -0.2) is 36.3 Å². The number of imide groups is 1. The predicted octanol–water partition coefficient (Wildman–Crippen LogP) is 0.667. The fraction of sp³-hybridized carbons (Fsp3) is 0.462. The lowest BCUT2D eigenvalue weighted by Crippen LogP contribution is -2.31. The number of nitrogens with zero attached hydrogens (tertiary/aromatic N) is 1. The molecule has 0 aromatic rings. The van der Waals surface area contributed by atoms with Gasteiger partial charge in [0, 0.05) is 12.6 Å². The van der Waals surface area contributed by atoms with Gasteiger partial charge in [-0.05, 0) is 12.8 Å². The third-order valence-electron chi connectivity index (χ3n) is 3.34. The summed E-state index contributed by atoms with van der Waals surface area (Å²) in [6.45, 7) is 0.139. The Morgan fingerprint density at radius 1 is 1.33 bits per heavy atom. The summed E-state index contributed by atoms with van der Waals surface area (Å²) in [4.78, 5) is 36.1. The van der Waals surface area contributed by atoms with Crippen molar-refractivity contribution in [3.8, 4) is 0 Å². The van der Waals surface area contributed by atoms with Crippen LogP contribution in [0.5, 0.6) is 0 Å². The summed E-state index contributed by atoms with van der Waals surface area (Å²) >= 11 is 0. The molecule has 0 radical (unpaired) electrons. The highest BCUT2D eigenvalue weighted by Crippen LogP contribution is 2.34. The van der Waals surface area contributed by atoms with E-state index in [4.69, 9.17) is 0 Å². The lowest BCUT2D eigenvalue weighted by atomic mass is 9.85. The van der Waals surface area contributed by atoms with Gasteiger partial charge in [0.25, 0.3) is 0 Å². The second kappa shape index (κ2) is 5.16. The van der Waals surface area contributed by atoms with Gasteiger partial charge in [-0.15, -0.1) is 0 Å². The number of rotatable bonds is 3. The molecule has 18 heavy (non-hydrogen) atoms. The number of hydrogen-bond acceptors (Lipinski definition) is 4. The topological polar surface area (TPSA) is 63.7 Å². The number of methoxy groups -OCH3 is 1. The van der Waals surface area contributed by atoms with Crippen LogP contribution in [0, 0.1) is 11.8 Å². The summed E-state index contributed by atoms with van der Waals surface area (Å²) in [6, 6.07) is 0. The highest BCUT2D eigenvalue weighted by Gasteiger charge is 2.46. The van der Waals surface area contributed by atoms with Crippen molar-refractivity contribution < 1.29 is 19.1 Å². The first-order valence-electron chi connectivity index (χ1n) is 5.90. The van der Waals surface area contributed by atoms with Gasteiger partial charge in [0.15, 0.2) is 0 Å². The summed E-state index contributed by atoms with van der Waals surface area (Å²) in [5.74, 6) is -1.19. The zero-order valence-corrected chi connectivity index (χ0v) is 10.2. The minimum Gasteiger partial charge on any atom is -0.466 e. The molecule has 2 unspecified atom stereocenters. The maximum Gasteiger partial charge on any atom is 0.330 e. The van der Waals surface area contributed by atoms with Crippen molar-refractivity contribution in [3.63, 3.8) is 0 Å². The first-order chi connectivity index (χ1) is 8.65. The molecule has 0 aromatic heterocycles. The molecule has 5 nitrogen and oxygen atoms in total. The van der Waals surface area contributed by atoms with Crippen LogP contribution in [0.3, 0.4) is 0 Å². The van der Waals surface area contributed by atoms with Crippen molar-refractivity contribution in [2.75, 3.05) is 13.7 Å². The van der Waals surface area contributed by atoms with E-state index in [-0.39, 0.29) is 30.2 Å². The van der Waals surface area contributed by atoms with E-state index in [2.05, 4.69) is 4.74 Å². The molecule has 2 atom stereocenters. The third kappa shape index (κ3) is 2.20. The molecule has 1 fully saturated rings. The number of likely N-dealkylation sites (tertiary alicyclic amines) is 1. The summed E-state index contributed by atoms with van der Waals surface area (Å²) in [5, 5.41) is 0. The quantitative estimate of drug-likeness (QED) is 0.319. The number of carbonyl (C=O) groups is 3. The molecule has 1 saturated heterocycles. The molecule has 5 heteroatoms. The van der Waals surface area contributed by atoms with Gasteiger partial charge in [-0.3, -0.25) is 14.5 Å². The zero-order valence-electron chi connectivity index (χ0n) is 10.2. The summed E-state index contributed by atoms with van der Waals surface area (Å²) in [5.41, 5.74) is 0. The Kier molecular flexibility index (Phi) is 3.60. The molecule has 0 aromatic carbocycles. The normalized spacial score (nSPS) is 26.8. The molecular weight excluding hydrogens is 234 g/mol. The van der Waals surface area contributed by atoms with Crippen LogP contribution in [0.2, 0.25) is 0 Å². The average Bonchev–Trinajstić information content (AvgIpc) is 2.64. The van der Waals surface area contributed by atoms with Gasteiger partial charge in [-0.1, -0.05) is 18.2 Å². The van der Waals surface area contributed by atoms with Gasteiger partial charge in [0.2, 0.25) is 11.8 Å². The Morgan fingerprint density at radius 2 is 1.89 bits per heavy atom. The molecular formula is C13H15NO4. The molecule has 0 N–H and O–H groups in total. The van der Waals surface area contributed by atoms with E-state index in [0.29, 0.717) is 12.8 Å². The smallest absolute Gasteiger partial charge is 0.330 e. The van der Waals surface area contributed by atoms with Gasteiger partial charge < -0.3 is 4.74 Å². The van der Waals surface area contributed by atoms with Crippen LogP contribution in [-0.2, 0) is 19.1 Å². The molecule has 1 aliphatic carbocycles. The van der Waals surface area contributed by atoms with Crippen LogP contribution in [0.1, 0.15) is 12.8 Å². The zero-order chi connectivity index (χ0) is 13.1. The van der Waals surface area contributed by atoms with Gasteiger partial charge in [0.05, 0.1) is 18.9 Å². The van der Waals surface area contributed by atoms with Gasteiger partial charge in [-0.2, -0.15) is 0 Å². The number of hydrogen-bond donors (Lipinski definition) is 0. The van der Waals surface area contributed by atoms with Crippen molar-refractivity contribution in [2.45, 2.75) is 12.8 Å². The average molecular weight is 249 g/mol. The summed E-state index contributed by atoms with van der Waals surface area (Å²) in [6.07, 6.45) is 7.85. The Hall–Kier alpha value is -1.91. The Balaban J connectivity index is 2.02. The van der Waals surface area contributed by atoms with Crippen molar-refractivity contribution in [1.29, 1.82) is 0 Å². The first kappa shape index (κ1) is 12.5. The van der Waals surface area contributed by atoms with Gasteiger partial charge >= 0.3 is 5.97 Å². The molecule has 0 spiro atoms. The fourth-order valence-corrected chi connectivity index (χ4v) is 2.37. The molecule has 2 rings (SSSR count). The Bertz CT molecular complexity index is 412. The number of ether oxygens (including phenoxy) is 1. The number of fused-ring (bicyclic) bond motifs is 1. The minimum absolute atomic E-state index is 0.135. The van der Waals surface area contributed by atoms with Crippen LogP contribution in [0.15, 0.2) is 24.3 Å². The van der Waals surface area contributed by atoms with Crippen LogP contribution >= 0.6 is 0 Å². The molecule has 1 aliphatic heterocycles. The monoisotopic (exact) mass is 249 g/mol. The molecule has 2 aliphatic rings. The Labute approximate surface area is 105 Å². The van der Waals surface area contributed by atoms with E-state index in [9.17, 15) is 14.4 Å². The highest BCUT2D eigenvalue weighted by molar-refractivity contribution is 6.05. The lowest BCUT2D eigenvalue weighted by Gasteiger charge is -2.14.